The van der Waals surface area contributed by atoms with Gasteiger partial charge in [0, 0.05) is 24.0 Å². The van der Waals surface area contributed by atoms with Crippen LogP contribution in [0.2, 0.25) is 0 Å². The highest BCUT2D eigenvalue weighted by Gasteiger charge is 2.14. The summed E-state index contributed by atoms with van der Waals surface area (Å²) in [6.45, 7) is 1.87. The highest BCUT2D eigenvalue weighted by Crippen LogP contribution is 2.11. The average molecular weight is 286 g/mol. The predicted molar refractivity (Wildman–Crippen MR) is 76.3 cm³/mol. The van der Waals surface area contributed by atoms with Gasteiger partial charge in [-0.2, -0.15) is 0 Å². The molecule has 0 saturated carbocycles. The zero-order chi connectivity index (χ0) is 14.1. The lowest BCUT2D eigenvalue weighted by molar-refractivity contribution is 0.102. The van der Waals surface area contributed by atoms with Crippen LogP contribution in [0.1, 0.15) is 15.9 Å². The lowest BCUT2D eigenvalue weighted by Crippen LogP contribution is -2.26. The Morgan fingerprint density at radius 1 is 1.35 bits per heavy atom. The number of amides is 1. The summed E-state index contributed by atoms with van der Waals surface area (Å²) in [5.41, 5.74) is 1.02. The van der Waals surface area contributed by atoms with Gasteiger partial charge in [0.15, 0.2) is 5.13 Å². The Balaban J connectivity index is 2.06. The monoisotopic (exact) mass is 286 g/mol. The minimum atomic E-state index is -0.506. The Morgan fingerprint density at radius 3 is 2.95 bits per heavy atom. The zero-order valence-corrected chi connectivity index (χ0v) is 11.3. The topological polar surface area (TPSA) is 76.4 Å². The van der Waals surface area contributed by atoms with Crippen molar-refractivity contribution < 1.29 is 4.79 Å². The van der Waals surface area contributed by atoms with Gasteiger partial charge in [-0.05, 0) is 18.6 Å². The Labute approximate surface area is 117 Å². The van der Waals surface area contributed by atoms with Crippen LogP contribution in [0.4, 0.5) is 5.13 Å². The van der Waals surface area contributed by atoms with Gasteiger partial charge in [-0.25, -0.2) is 9.97 Å². The van der Waals surface area contributed by atoms with Crippen LogP contribution in [-0.4, -0.2) is 20.3 Å². The van der Waals surface area contributed by atoms with E-state index >= 15 is 0 Å². The van der Waals surface area contributed by atoms with Crippen LogP contribution < -0.4 is 10.9 Å². The number of pyridine rings is 1. The Hall–Kier alpha value is -2.54. The number of rotatable bonds is 2. The van der Waals surface area contributed by atoms with E-state index in [4.69, 9.17) is 0 Å². The molecule has 0 saturated heterocycles. The van der Waals surface area contributed by atoms with Gasteiger partial charge in [0.2, 0.25) is 0 Å². The first-order chi connectivity index (χ1) is 9.65. The lowest BCUT2D eigenvalue weighted by atomic mass is 10.3. The number of hydrogen-bond acceptors (Lipinski definition) is 5. The van der Waals surface area contributed by atoms with Gasteiger partial charge < -0.3 is 0 Å². The summed E-state index contributed by atoms with van der Waals surface area (Å²) in [6, 6.07) is 3.59. The molecule has 1 N–H and O–H groups in total. The Kier molecular flexibility index (Phi) is 3.03. The second kappa shape index (κ2) is 4.86. The molecule has 0 spiro atoms. The molecular weight excluding hydrogens is 276 g/mol. The van der Waals surface area contributed by atoms with E-state index in [-0.39, 0.29) is 5.56 Å². The van der Waals surface area contributed by atoms with Crippen LogP contribution in [0, 0.1) is 6.92 Å². The predicted octanol–water partition coefficient (Wildman–Crippen LogP) is 1.71. The molecule has 100 valence electrons. The van der Waals surface area contributed by atoms with Crippen LogP contribution in [0.25, 0.3) is 5.65 Å². The number of nitrogens with zero attached hydrogens (tertiary/aromatic N) is 3. The average Bonchev–Trinajstić information content (AvgIpc) is 2.92. The Bertz CT molecular complexity index is 839. The molecule has 7 heteroatoms. The number of carbonyl (C=O) groups excluding carboxylic acids is 1. The van der Waals surface area contributed by atoms with E-state index in [0.29, 0.717) is 10.8 Å². The van der Waals surface area contributed by atoms with E-state index in [1.165, 1.54) is 21.9 Å². The van der Waals surface area contributed by atoms with Gasteiger partial charge in [0.1, 0.15) is 11.2 Å². The maximum absolute atomic E-state index is 12.3. The Morgan fingerprint density at radius 2 is 2.20 bits per heavy atom. The molecule has 3 aromatic rings. The van der Waals surface area contributed by atoms with E-state index < -0.39 is 11.5 Å². The summed E-state index contributed by atoms with van der Waals surface area (Å²) in [7, 11) is 0. The van der Waals surface area contributed by atoms with Crippen molar-refractivity contribution in [2.45, 2.75) is 6.92 Å². The highest BCUT2D eigenvalue weighted by molar-refractivity contribution is 7.13. The number of nitrogens with one attached hydrogen (secondary N) is 1. The number of fused-ring (bicyclic) bond motifs is 1. The fourth-order valence-corrected chi connectivity index (χ4v) is 2.31. The highest BCUT2D eigenvalue weighted by atomic mass is 32.1. The third kappa shape index (κ3) is 2.19. The van der Waals surface area contributed by atoms with Crippen molar-refractivity contribution in [3.63, 3.8) is 0 Å². The van der Waals surface area contributed by atoms with Crippen molar-refractivity contribution >= 4 is 28.0 Å². The van der Waals surface area contributed by atoms with Crippen molar-refractivity contribution in [3.05, 3.63) is 57.6 Å². The van der Waals surface area contributed by atoms with Gasteiger partial charge in [0.05, 0.1) is 0 Å². The molecule has 0 aromatic carbocycles. The van der Waals surface area contributed by atoms with Crippen molar-refractivity contribution in [1.82, 2.24) is 14.4 Å². The summed E-state index contributed by atoms with van der Waals surface area (Å²) in [5, 5.41) is 4.76. The first-order valence-corrected chi connectivity index (χ1v) is 6.72. The molecule has 3 heterocycles. The fourth-order valence-electron chi connectivity index (χ4n) is 1.79. The molecule has 0 radical (unpaired) electrons. The number of thiazole rings is 1. The van der Waals surface area contributed by atoms with Crippen molar-refractivity contribution in [3.8, 4) is 0 Å². The van der Waals surface area contributed by atoms with E-state index in [2.05, 4.69) is 15.3 Å². The third-order valence-electron chi connectivity index (χ3n) is 2.75. The second-order valence-electron chi connectivity index (χ2n) is 4.20. The van der Waals surface area contributed by atoms with E-state index in [1.807, 2.05) is 13.0 Å². The first kappa shape index (κ1) is 12.5. The number of anilines is 1. The largest absolute Gasteiger partial charge is 0.298 e. The minimum Gasteiger partial charge on any atom is -0.298 e. The van der Waals surface area contributed by atoms with E-state index in [9.17, 15) is 9.59 Å². The van der Waals surface area contributed by atoms with E-state index in [0.717, 1.165) is 5.56 Å². The van der Waals surface area contributed by atoms with Gasteiger partial charge in [-0.3, -0.25) is 19.3 Å². The van der Waals surface area contributed by atoms with Crippen LogP contribution >= 0.6 is 11.3 Å². The molecule has 3 rings (SSSR count). The van der Waals surface area contributed by atoms with Crippen LogP contribution in [-0.2, 0) is 0 Å². The van der Waals surface area contributed by atoms with Gasteiger partial charge >= 0.3 is 0 Å². The molecule has 0 aliphatic carbocycles. The molecular formula is C13H10N4O2S. The first-order valence-electron chi connectivity index (χ1n) is 5.84. The lowest BCUT2D eigenvalue weighted by Gasteiger charge is -2.04. The summed E-state index contributed by atoms with van der Waals surface area (Å²) >= 11 is 1.29. The SMILES string of the molecule is Cc1ccc2ncc(C(=O)Nc3nccs3)c(=O)n2c1. The number of carbonyl (C=O) groups is 1. The number of aryl methyl sites for hydroxylation is 1. The number of hydrogen-bond donors (Lipinski definition) is 1. The second-order valence-corrected chi connectivity index (χ2v) is 5.10. The molecule has 1 amide bonds. The minimum absolute atomic E-state index is 0.0108. The van der Waals surface area contributed by atoms with Crippen LogP contribution in [0.15, 0.2) is 40.9 Å². The molecule has 0 atom stereocenters. The standard InChI is InChI=1S/C13H10N4O2S/c1-8-2-3-10-15-6-9(12(19)17(10)7-8)11(18)16-13-14-4-5-20-13/h2-7H,1H3,(H,14,16,18). The van der Waals surface area contributed by atoms with Crippen molar-refractivity contribution in [1.29, 1.82) is 0 Å². The summed E-state index contributed by atoms with van der Waals surface area (Å²) in [5.74, 6) is -0.506. The maximum atomic E-state index is 12.3. The van der Waals surface area contributed by atoms with Crippen molar-refractivity contribution in [2.24, 2.45) is 0 Å². The van der Waals surface area contributed by atoms with Crippen LogP contribution in [0.3, 0.4) is 0 Å². The molecule has 0 fully saturated rings. The molecule has 0 bridgehead atoms. The fraction of sp³-hybridized carbons (Fsp3) is 0.0769. The molecule has 6 nitrogen and oxygen atoms in total. The number of aromatic nitrogens is 3. The maximum Gasteiger partial charge on any atom is 0.270 e. The summed E-state index contributed by atoms with van der Waals surface area (Å²) < 4.78 is 1.37. The zero-order valence-electron chi connectivity index (χ0n) is 10.5. The molecule has 20 heavy (non-hydrogen) atoms. The normalized spacial score (nSPS) is 10.7. The van der Waals surface area contributed by atoms with Gasteiger partial charge in [-0.1, -0.05) is 6.07 Å². The summed E-state index contributed by atoms with van der Waals surface area (Å²) in [4.78, 5) is 32.4. The van der Waals surface area contributed by atoms with Gasteiger partial charge in [0.25, 0.3) is 11.5 Å². The third-order valence-corrected chi connectivity index (χ3v) is 3.44. The molecule has 0 aliphatic heterocycles. The molecule has 3 aromatic heterocycles. The van der Waals surface area contributed by atoms with E-state index in [1.54, 1.807) is 23.8 Å². The quantitative estimate of drug-likeness (QED) is 0.778. The molecule has 0 aliphatic rings. The molecule has 0 unspecified atom stereocenters. The van der Waals surface area contributed by atoms with Crippen LogP contribution in [0.5, 0.6) is 0 Å². The summed E-state index contributed by atoms with van der Waals surface area (Å²) in [6.07, 6.45) is 4.52. The van der Waals surface area contributed by atoms with Gasteiger partial charge in [-0.15, -0.1) is 11.3 Å². The smallest absolute Gasteiger partial charge is 0.270 e. The van der Waals surface area contributed by atoms with Crippen molar-refractivity contribution in [2.75, 3.05) is 5.32 Å².